The van der Waals surface area contributed by atoms with Crippen LogP contribution in [-0.2, 0) is 11.2 Å². The summed E-state index contributed by atoms with van der Waals surface area (Å²) in [6, 6.07) is 7.05. The second kappa shape index (κ2) is 9.43. The van der Waals surface area contributed by atoms with E-state index in [2.05, 4.69) is 12.2 Å². The van der Waals surface area contributed by atoms with E-state index in [9.17, 15) is 9.90 Å². The minimum absolute atomic E-state index is 0.0211. The van der Waals surface area contributed by atoms with Gasteiger partial charge in [-0.2, -0.15) is 0 Å². The Hall–Kier alpha value is -1.59. The number of nitrogen functional groups attached to an aromatic ring is 1. The lowest BCUT2D eigenvalue weighted by Crippen LogP contribution is -2.40. The minimum atomic E-state index is -0.704. The molecule has 0 saturated heterocycles. The zero-order valence-corrected chi connectivity index (χ0v) is 13.6. The van der Waals surface area contributed by atoms with Crippen LogP contribution >= 0.6 is 0 Å². The molecule has 0 unspecified atom stereocenters. The molecular formula is C17H29N3O2. The summed E-state index contributed by atoms with van der Waals surface area (Å²) in [7, 11) is 0. The lowest BCUT2D eigenvalue weighted by molar-refractivity contribution is -0.125. The molecule has 1 amide bonds. The van der Waals surface area contributed by atoms with Gasteiger partial charge in [-0.3, -0.25) is 4.79 Å². The third-order valence-corrected chi connectivity index (χ3v) is 3.82. The first-order chi connectivity index (χ1) is 10.4. The van der Waals surface area contributed by atoms with Gasteiger partial charge in [-0.15, -0.1) is 0 Å². The number of amides is 1. The molecule has 0 spiro atoms. The normalized spacial score (nSPS) is 15.1. The van der Waals surface area contributed by atoms with Gasteiger partial charge in [-0.25, -0.2) is 0 Å². The Balaban J connectivity index is 2.40. The Morgan fingerprint density at radius 3 is 2.55 bits per heavy atom. The highest BCUT2D eigenvalue weighted by atomic mass is 16.3. The van der Waals surface area contributed by atoms with Crippen molar-refractivity contribution >= 4 is 11.6 Å². The highest BCUT2D eigenvalue weighted by Gasteiger charge is 2.22. The summed E-state index contributed by atoms with van der Waals surface area (Å²) in [6.07, 6.45) is 2.24. The van der Waals surface area contributed by atoms with Crippen molar-refractivity contribution < 1.29 is 9.90 Å². The molecule has 5 heteroatoms. The molecule has 1 aromatic carbocycles. The summed E-state index contributed by atoms with van der Waals surface area (Å²) in [6.45, 7) is 4.59. The first-order valence-electron chi connectivity index (χ1n) is 7.99. The van der Waals surface area contributed by atoms with E-state index in [0.717, 1.165) is 18.4 Å². The third-order valence-electron chi connectivity index (χ3n) is 3.82. The summed E-state index contributed by atoms with van der Waals surface area (Å²) in [5, 5.41) is 13.1. The summed E-state index contributed by atoms with van der Waals surface area (Å²) in [4.78, 5) is 11.9. The Morgan fingerprint density at radius 1 is 1.32 bits per heavy atom. The van der Waals surface area contributed by atoms with Crippen molar-refractivity contribution in [1.29, 1.82) is 0 Å². The maximum atomic E-state index is 11.9. The lowest BCUT2D eigenvalue weighted by atomic mass is 9.94. The molecule has 0 aliphatic carbocycles. The van der Waals surface area contributed by atoms with Crippen molar-refractivity contribution in [3.05, 3.63) is 29.8 Å². The van der Waals surface area contributed by atoms with Gasteiger partial charge in [0, 0.05) is 24.2 Å². The monoisotopic (exact) mass is 307 g/mol. The molecule has 5 nitrogen and oxygen atoms in total. The second-order valence-electron chi connectivity index (χ2n) is 5.96. The van der Waals surface area contributed by atoms with Crippen LogP contribution < -0.4 is 16.8 Å². The molecule has 22 heavy (non-hydrogen) atoms. The fourth-order valence-corrected chi connectivity index (χ4v) is 2.27. The van der Waals surface area contributed by atoms with E-state index in [-0.39, 0.29) is 11.8 Å². The van der Waals surface area contributed by atoms with Crippen molar-refractivity contribution in [3.63, 3.8) is 0 Å². The number of aliphatic hydroxyl groups is 1. The molecular weight excluding hydrogens is 278 g/mol. The zero-order valence-electron chi connectivity index (χ0n) is 13.6. The number of rotatable bonds is 9. The quantitative estimate of drug-likeness (QED) is 0.409. The molecule has 0 radical (unpaired) electrons. The molecule has 0 aliphatic rings. The molecule has 3 atom stereocenters. The lowest BCUT2D eigenvalue weighted by Gasteiger charge is -2.22. The average Bonchev–Trinajstić information content (AvgIpc) is 2.49. The van der Waals surface area contributed by atoms with Crippen molar-refractivity contribution in [2.45, 2.75) is 51.7 Å². The van der Waals surface area contributed by atoms with E-state index < -0.39 is 12.1 Å². The van der Waals surface area contributed by atoms with E-state index in [0.29, 0.717) is 25.1 Å². The predicted octanol–water partition coefficient (Wildman–Crippen LogP) is 1.44. The maximum absolute atomic E-state index is 11.9. The van der Waals surface area contributed by atoms with Crippen LogP contribution in [0.1, 0.15) is 38.7 Å². The van der Waals surface area contributed by atoms with E-state index in [4.69, 9.17) is 11.5 Å². The van der Waals surface area contributed by atoms with Crippen LogP contribution in [0.4, 0.5) is 5.69 Å². The number of nitrogens with two attached hydrogens (primary N) is 2. The van der Waals surface area contributed by atoms with Gasteiger partial charge in [0.15, 0.2) is 0 Å². The van der Waals surface area contributed by atoms with Gasteiger partial charge in [0.2, 0.25) is 5.91 Å². The van der Waals surface area contributed by atoms with Crippen LogP contribution in [0, 0.1) is 5.92 Å². The van der Waals surface area contributed by atoms with Gasteiger partial charge >= 0.3 is 0 Å². The van der Waals surface area contributed by atoms with Crippen LogP contribution in [0.15, 0.2) is 24.3 Å². The molecule has 0 aliphatic heterocycles. The smallest absolute Gasteiger partial charge is 0.222 e. The second-order valence-corrected chi connectivity index (χ2v) is 5.96. The number of unbranched alkanes of at least 4 members (excludes halogenated alkanes) is 1. The molecule has 0 bridgehead atoms. The Kier molecular flexibility index (Phi) is 7.91. The highest BCUT2D eigenvalue weighted by Crippen LogP contribution is 2.13. The number of benzene rings is 1. The third kappa shape index (κ3) is 6.45. The fraction of sp³-hybridized carbons (Fsp3) is 0.588. The average molecular weight is 307 g/mol. The molecule has 6 N–H and O–H groups in total. The van der Waals surface area contributed by atoms with Gasteiger partial charge in [-0.1, -0.05) is 32.4 Å². The van der Waals surface area contributed by atoms with Crippen LogP contribution in [0.3, 0.4) is 0 Å². The maximum Gasteiger partial charge on any atom is 0.222 e. The number of hydrogen-bond acceptors (Lipinski definition) is 4. The van der Waals surface area contributed by atoms with Crippen molar-refractivity contribution in [1.82, 2.24) is 5.32 Å². The van der Waals surface area contributed by atoms with E-state index in [1.54, 1.807) is 0 Å². The molecule has 1 rings (SSSR count). The molecule has 0 saturated carbocycles. The van der Waals surface area contributed by atoms with Gasteiger partial charge < -0.3 is 21.9 Å². The molecule has 0 fully saturated rings. The molecule has 0 aromatic heterocycles. The number of carbonyl (C=O) groups excluding carboxylic acids is 1. The van der Waals surface area contributed by atoms with E-state index in [1.165, 1.54) is 0 Å². The zero-order chi connectivity index (χ0) is 16.5. The van der Waals surface area contributed by atoms with Crippen molar-refractivity contribution in [3.8, 4) is 0 Å². The SMILES string of the molecule is CCCCNC(=O)[C@H](C)C[C@H](O)[C@@H](N)Cc1ccc(N)cc1. The number of hydrogen-bond donors (Lipinski definition) is 4. The number of anilines is 1. The Labute approximate surface area is 133 Å². The summed E-state index contributed by atoms with van der Waals surface area (Å²) >= 11 is 0. The first-order valence-corrected chi connectivity index (χ1v) is 7.99. The van der Waals surface area contributed by atoms with Crippen molar-refractivity contribution in [2.24, 2.45) is 11.7 Å². The highest BCUT2D eigenvalue weighted by molar-refractivity contribution is 5.78. The van der Waals surface area contributed by atoms with E-state index >= 15 is 0 Å². The van der Waals surface area contributed by atoms with E-state index in [1.807, 2.05) is 31.2 Å². The first kappa shape index (κ1) is 18.5. The number of carbonyl (C=O) groups is 1. The summed E-state index contributed by atoms with van der Waals surface area (Å²) in [5.41, 5.74) is 13.4. The van der Waals surface area contributed by atoms with Crippen molar-refractivity contribution in [2.75, 3.05) is 12.3 Å². The van der Waals surface area contributed by atoms with Gasteiger partial charge in [0.25, 0.3) is 0 Å². The number of nitrogens with one attached hydrogen (secondary N) is 1. The summed E-state index contributed by atoms with van der Waals surface area (Å²) < 4.78 is 0. The largest absolute Gasteiger partial charge is 0.399 e. The van der Waals surface area contributed by atoms with Gasteiger partial charge in [-0.05, 0) is 37.0 Å². The van der Waals surface area contributed by atoms with Gasteiger partial charge in [0.1, 0.15) is 0 Å². The molecule has 1 aromatic rings. The van der Waals surface area contributed by atoms with Crippen LogP contribution in [0.25, 0.3) is 0 Å². The minimum Gasteiger partial charge on any atom is -0.399 e. The topological polar surface area (TPSA) is 101 Å². The molecule has 124 valence electrons. The fourth-order valence-electron chi connectivity index (χ4n) is 2.27. The van der Waals surface area contributed by atoms with Crippen LogP contribution in [0.2, 0.25) is 0 Å². The summed E-state index contributed by atoms with van der Waals surface area (Å²) in [5.74, 6) is -0.267. The standard InChI is InChI=1S/C17H29N3O2/c1-3-4-9-20-17(22)12(2)10-16(21)15(19)11-13-5-7-14(18)8-6-13/h5-8,12,15-16,21H,3-4,9-11,18-19H2,1-2H3,(H,20,22)/t12-,15+,16+/m1/s1. The number of aliphatic hydroxyl groups excluding tert-OH is 1. The van der Waals surface area contributed by atoms with Crippen LogP contribution in [-0.4, -0.2) is 29.7 Å². The predicted molar refractivity (Wildman–Crippen MR) is 90.2 cm³/mol. The Bertz CT molecular complexity index is 448. The van der Waals surface area contributed by atoms with Gasteiger partial charge in [0.05, 0.1) is 6.10 Å². The van der Waals surface area contributed by atoms with Crippen LogP contribution in [0.5, 0.6) is 0 Å². The Morgan fingerprint density at radius 2 is 1.95 bits per heavy atom. The molecule has 0 heterocycles.